The number of hydrogen-bond acceptors (Lipinski definition) is 5. The summed E-state index contributed by atoms with van der Waals surface area (Å²) in [5, 5.41) is 0. The number of ether oxygens (including phenoxy) is 1. The molecule has 116 valence electrons. The molecule has 0 bridgehead atoms. The van der Waals surface area contributed by atoms with Crippen molar-refractivity contribution in [3.05, 3.63) is 23.8 Å². The molecule has 0 aliphatic carbocycles. The van der Waals surface area contributed by atoms with Crippen molar-refractivity contribution in [3.63, 3.8) is 0 Å². The molecule has 1 fully saturated rings. The normalized spacial score (nSPS) is 16.9. The van der Waals surface area contributed by atoms with Crippen molar-refractivity contribution >= 4 is 17.3 Å². The predicted molar refractivity (Wildman–Crippen MR) is 85.7 cm³/mol. The minimum absolute atomic E-state index is 0.199. The zero-order valence-corrected chi connectivity index (χ0v) is 13.3. The minimum Gasteiger partial charge on any atom is -0.465 e. The van der Waals surface area contributed by atoms with Gasteiger partial charge in [0, 0.05) is 43.1 Å². The Kier molecular flexibility index (Phi) is 4.42. The third-order valence-electron chi connectivity index (χ3n) is 4.04. The molecule has 1 aliphatic rings. The molecule has 21 heavy (non-hydrogen) atoms. The summed E-state index contributed by atoms with van der Waals surface area (Å²) >= 11 is 0. The summed E-state index contributed by atoms with van der Waals surface area (Å²) in [4.78, 5) is 16.5. The van der Waals surface area contributed by atoms with Crippen LogP contribution < -0.4 is 10.6 Å². The van der Waals surface area contributed by atoms with E-state index in [9.17, 15) is 4.79 Å². The van der Waals surface area contributed by atoms with Crippen molar-refractivity contribution in [2.45, 2.75) is 26.3 Å². The fourth-order valence-corrected chi connectivity index (χ4v) is 2.66. The Morgan fingerprint density at radius 2 is 1.81 bits per heavy atom. The number of nitrogens with zero attached hydrogens (tertiary/aromatic N) is 2. The first-order valence-electron chi connectivity index (χ1n) is 7.31. The quantitative estimate of drug-likeness (QED) is 0.667. The average molecular weight is 291 g/mol. The van der Waals surface area contributed by atoms with Crippen LogP contribution in [0.25, 0.3) is 0 Å². The third kappa shape index (κ3) is 3.47. The second-order valence-electron chi connectivity index (χ2n) is 6.41. The molecule has 5 heteroatoms. The summed E-state index contributed by atoms with van der Waals surface area (Å²) in [7, 11) is 1.37. The van der Waals surface area contributed by atoms with Crippen LogP contribution >= 0.6 is 0 Å². The van der Waals surface area contributed by atoms with Crippen molar-refractivity contribution in [1.29, 1.82) is 0 Å². The van der Waals surface area contributed by atoms with E-state index in [1.807, 2.05) is 12.1 Å². The van der Waals surface area contributed by atoms with Gasteiger partial charge in [0.1, 0.15) is 0 Å². The second kappa shape index (κ2) is 5.93. The topological polar surface area (TPSA) is 58.8 Å². The lowest BCUT2D eigenvalue weighted by Crippen LogP contribution is -2.53. The molecule has 2 rings (SSSR count). The highest BCUT2D eigenvalue weighted by molar-refractivity contribution is 5.96. The van der Waals surface area contributed by atoms with Gasteiger partial charge >= 0.3 is 5.97 Å². The van der Waals surface area contributed by atoms with E-state index in [0.29, 0.717) is 11.3 Å². The van der Waals surface area contributed by atoms with Crippen molar-refractivity contribution in [3.8, 4) is 0 Å². The maximum atomic E-state index is 11.7. The van der Waals surface area contributed by atoms with E-state index in [4.69, 9.17) is 10.5 Å². The monoisotopic (exact) mass is 291 g/mol. The number of esters is 1. The van der Waals surface area contributed by atoms with Crippen LogP contribution in [0, 0.1) is 0 Å². The van der Waals surface area contributed by atoms with Crippen LogP contribution in [0.4, 0.5) is 11.4 Å². The van der Waals surface area contributed by atoms with Crippen LogP contribution in [0.5, 0.6) is 0 Å². The minimum atomic E-state index is -0.386. The van der Waals surface area contributed by atoms with E-state index in [1.54, 1.807) is 6.07 Å². The predicted octanol–water partition coefficient (Wildman–Crippen LogP) is 1.98. The van der Waals surface area contributed by atoms with Crippen LogP contribution in [-0.2, 0) is 4.74 Å². The molecule has 0 amide bonds. The molecular weight excluding hydrogens is 266 g/mol. The molecule has 1 aromatic carbocycles. The Hall–Kier alpha value is -1.75. The highest BCUT2D eigenvalue weighted by atomic mass is 16.5. The van der Waals surface area contributed by atoms with Gasteiger partial charge in [-0.15, -0.1) is 0 Å². The summed E-state index contributed by atoms with van der Waals surface area (Å²) in [5.74, 6) is -0.386. The summed E-state index contributed by atoms with van der Waals surface area (Å²) in [6, 6.07) is 5.57. The zero-order valence-electron chi connectivity index (χ0n) is 13.3. The van der Waals surface area contributed by atoms with Crippen LogP contribution in [0.1, 0.15) is 31.1 Å². The van der Waals surface area contributed by atoms with E-state index in [0.717, 1.165) is 31.9 Å². The number of anilines is 2. The lowest BCUT2D eigenvalue weighted by Gasteiger charge is -2.43. The van der Waals surface area contributed by atoms with E-state index >= 15 is 0 Å². The highest BCUT2D eigenvalue weighted by Gasteiger charge is 2.26. The maximum Gasteiger partial charge on any atom is 0.340 e. The lowest BCUT2D eigenvalue weighted by molar-refractivity contribution is 0.0602. The Morgan fingerprint density at radius 1 is 1.19 bits per heavy atom. The van der Waals surface area contributed by atoms with Gasteiger partial charge in [0.15, 0.2) is 0 Å². The molecule has 0 spiro atoms. The van der Waals surface area contributed by atoms with Gasteiger partial charge in [-0.2, -0.15) is 0 Å². The number of methoxy groups -OCH3 is 1. The van der Waals surface area contributed by atoms with Gasteiger partial charge in [0.2, 0.25) is 0 Å². The number of piperazine rings is 1. The molecule has 0 atom stereocenters. The number of nitrogens with two attached hydrogens (primary N) is 1. The van der Waals surface area contributed by atoms with Gasteiger partial charge in [0.25, 0.3) is 0 Å². The highest BCUT2D eigenvalue weighted by Crippen LogP contribution is 2.24. The molecule has 1 aliphatic heterocycles. The molecule has 1 saturated heterocycles. The van der Waals surface area contributed by atoms with Crippen LogP contribution in [0.2, 0.25) is 0 Å². The smallest absolute Gasteiger partial charge is 0.340 e. The largest absolute Gasteiger partial charge is 0.465 e. The first-order chi connectivity index (χ1) is 9.82. The Bertz CT molecular complexity index is 515. The molecule has 5 nitrogen and oxygen atoms in total. The van der Waals surface area contributed by atoms with Gasteiger partial charge in [-0.25, -0.2) is 4.79 Å². The molecule has 1 heterocycles. The van der Waals surface area contributed by atoms with Crippen molar-refractivity contribution in [2.75, 3.05) is 43.9 Å². The zero-order chi connectivity index (χ0) is 15.6. The van der Waals surface area contributed by atoms with E-state index in [-0.39, 0.29) is 11.5 Å². The van der Waals surface area contributed by atoms with E-state index < -0.39 is 0 Å². The SMILES string of the molecule is COC(=O)c1cc(N2CCN(C(C)(C)C)CC2)ccc1N. The first-order valence-corrected chi connectivity index (χ1v) is 7.31. The van der Waals surface area contributed by atoms with Crippen molar-refractivity contribution in [2.24, 2.45) is 0 Å². The van der Waals surface area contributed by atoms with Gasteiger partial charge in [-0.1, -0.05) is 0 Å². The summed E-state index contributed by atoms with van der Waals surface area (Å²) in [5.41, 5.74) is 7.97. The molecule has 2 N–H and O–H groups in total. The number of benzene rings is 1. The summed E-state index contributed by atoms with van der Waals surface area (Å²) in [6.45, 7) is 10.6. The van der Waals surface area contributed by atoms with Gasteiger partial charge in [-0.05, 0) is 39.0 Å². The number of carbonyl (C=O) groups is 1. The summed E-state index contributed by atoms with van der Waals surface area (Å²) in [6.07, 6.45) is 0. The summed E-state index contributed by atoms with van der Waals surface area (Å²) < 4.78 is 4.78. The van der Waals surface area contributed by atoms with Crippen LogP contribution in [0.15, 0.2) is 18.2 Å². The molecule has 1 aromatic rings. The van der Waals surface area contributed by atoms with E-state index in [2.05, 4.69) is 30.6 Å². The Morgan fingerprint density at radius 3 is 2.33 bits per heavy atom. The number of carbonyl (C=O) groups excluding carboxylic acids is 1. The second-order valence-corrected chi connectivity index (χ2v) is 6.41. The molecule has 0 unspecified atom stereocenters. The number of hydrogen-bond donors (Lipinski definition) is 1. The maximum absolute atomic E-state index is 11.7. The van der Waals surface area contributed by atoms with E-state index in [1.165, 1.54) is 7.11 Å². The lowest BCUT2D eigenvalue weighted by atomic mass is 10.0. The van der Waals surface area contributed by atoms with Crippen LogP contribution in [0.3, 0.4) is 0 Å². The number of rotatable bonds is 2. The molecule has 0 aromatic heterocycles. The fourth-order valence-electron chi connectivity index (χ4n) is 2.66. The van der Waals surface area contributed by atoms with Gasteiger partial charge in [0.05, 0.1) is 12.7 Å². The molecule has 0 radical (unpaired) electrons. The average Bonchev–Trinajstić information content (AvgIpc) is 2.46. The van der Waals surface area contributed by atoms with Gasteiger partial charge in [-0.3, -0.25) is 4.90 Å². The molecular formula is C16H25N3O2. The molecule has 0 saturated carbocycles. The Balaban J connectivity index is 2.12. The van der Waals surface area contributed by atoms with Crippen LogP contribution in [-0.4, -0.2) is 49.7 Å². The standard InChI is InChI=1S/C16H25N3O2/c1-16(2,3)19-9-7-18(8-10-19)12-5-6-14(17)13(11-12)15(20)21-4/h5-6,11H,7-10,17H2,1-4H3. The Labute approximate surface area is 126 Å². The van der Waals surface area contributed by atoms with Crippen molar-refractivity contribution < 1.29 is 9.53 Å². The van der Waals surface area contributed by atoms with Crippen molar-refractivity contribution in [1.82, 2.24) is 4.90 Å². The third-order valence-corrected chi connectivity index (χ3v) is 4.04. The number of nitrogen functional groups attached to an aromatic ring is 1. The fraction of sp³-hybridized carbons (Fsp3) is 0.562. The van der Waals surface area contributed by atoms with Gasteiger partial charge < -0.3 is 15.4 Å². The first kappa shape index (κ1) is 15.6.